The van der Waals surface area contributed by atoms with Crippen molar-refractivity contribution in [1.82, 2.24) is 9.62 Å². The van der Waals surface area contributed by atoms with Crippen LogP contribution < -0.4 is 10.0 Å². The highest BCUT2D eigenvalue weighted by atomic mass is 32.2. The SMILES string of the molecule is CS(=O)(=O)NCc1csc2c1S(=O)(=O)N=C(C1=C(O)C3C([C@H]4CC[C@@H]3C4)N(Cc3ccsc3)C1=O)N2. The Labute approximate surface area is 216 Å². The highest BCUT2D eigenvalue weighted by Crippen LogP contribution is 2.55. The second-order valence-corrected chi connectivity index (χ2v) is 14.8. The molecule has 2 aliphatic carbocycles. The normalized spacial score (nSPS) is 28.6. The van der Waals surface area contributed by atoms with Crippen molar-refractivity contribution in [3.8, 4) is 0 Å². The number of thiophene rings is 2. The molecular formula is C22H24N4O6S4. The molecule has 4 atom stereocenters. The van der Waals surface area contributed by atoms with Crippen molar-refractivity contribution in [2.45, 2.75) is 43.3 Å². The van der Waals surface area contributed by atoms with Crippen LogP contribution in [0.3, 0.4) is 0 Å². The summed E-state index contributed by atoms with van der Waals surface area (Å²) in [5.41, 5.74) is 1.15. The molecule has 0 saturated heterocycles. The molecule has 36 heavy (non-hydrogen) atoms. The lowest BCUT2D eigenvalue weighted by atomic mass is 9.77. The van der Waals surface area contributed by atoms with Crippen molar-refractivity contribution in [2.24, 2.45) is 22.2 Å². The number of carbonyl (C=O) groups is 1. The Hall–Kier alpha value is -2.26. The van der Waals surface area contributed by atoms with Gasteiger partial charge in [0, 0.05) is 30.6 Å². The molecule has 0 aromatic carbocycles. The average Bonchev–Trinajstić information content (AvgIpc) is 3.58. The van der Waals surface area contributed by atoms with E-state index in [1.807, 2.05) is 16.8 Å². The first-order valence-electron chi connectivity index (χ1n) is 11.5. The van der Waals surface area contributed by atoms with Gasteiger partial charge in [-0.05, 0) is 58.9 Å². The van der Waals surface area contributed by atoms with Gasteiger partial charge in [-0.15, -0.1) is 15.7 Å². The molecule has 2 aromatic heterocycles. The number of amides is 1. The van der Waals surface area contributed by atoms with Gasteiger partial charge in [-0.1, -0.05) is 0 Å². The van der Waals surface area contributed by atoms with E-state index in [1.54, 1.807) is 16.2 Å². The summed E-state index contributed by atoms with van der Waals surface area (Å²) < 4.78 is 55.6. The van der Waals surface area contributed by atoms with E-state index >= 15 is 0 Å². The molecule has 2 aliphatic heterocycles. The lowest BCUT2D eigenvalue weighted by Gasteiger charge is -2.44. The Balaban J connectivity index is 1.40. The topological polar surface area (TPSA) is 145 Å². The molecule has 0 spiro atoms. The zero-order chi connectivity index (χ0) is 25.4. The summed E-state index contributed by atoms with van der Waals surface area (Å²) in [7, 11) is -7.79. The van der Waals surface area contributed by atoms with Crippen LogP contribution in [0.4, 0.5) is 5.00 Å². The van der Waals surface area contributed by atoms with Crippen LogP contribution in [0.2, 0.25) is 0 Å². The average molecular weight is 569 g/mol. The van der Waals surface area contributed by atoms with Crippen LogP contribution in [0.1, 0.15) is 30.4 Å². The zero-order valence-electron chi connectivity index (χ0n) is 19.2. The number of anilines is 1. The predicted molar refractivity (Wildman–Crippen MR) is 137 cm³/mol. The van der Waals surface area contributed by atoms with Crippen LogP contribution in [0, 0.1) is 17.8 Å². The summed E-state index contributed by atoms with van der Waals surface area (Å²) in [6.07, 6.45) is 3.90. The van der Waals surface area contributed by atoms with Crippen molar-refractivity contribution in [2.75, 3.05) is 11.6 Å². The number of amidine groups is 1. The molecule has 2 bridgehead atoms. The highest BCUT2D eigenvalue weighted by Gasteiger charge is 2.57. The number of fused-ring (bicyclic) bond motifs is 6. The Morgan fingerprint density at radius 1 is 1.28 bits per heavy atom. The number of aliphatic hydroxyl groups excluding tert-OH is 1. The largest absolute Gasteiger partial charge is 0.511 e. The molecule has 6 rings (SSSR count). The van der Waals surface area contributed by atoms with E-state index in [0.717, 1.165) is 42.4 Å². The maximum Gasteiger partial charge on any atom is 0.287 e. The van der Waals surface area contributed by atoms with Gasteiger partial charge < -0.3 is 15.3 Å². The van der Waals surface area contributed by atoms with Gasteiger partial charge in [-0.3, -0.25) is 4.79 Å². The Morgan fingerprint density at radius 3 is 2.78 bits per heavy atom. The van der Waals surface area contributed by atoms with Crippen LogP contribution in [0.5, 0.6) is 0 Å². The zero-order valence-corrected chi connectivity index (χ0v) is 22.4. The standard InChI is InChI=1S/C22H24N4O6S4/c1-35(29,30)23-7-14-10-34-21-19(14)36(31,32)25-20(24-21)16-18(27)15-12-2-3-13(6-12)17(15)26(22(16)28)8-11-4-5-33-9-11/h4-5,9-10,12-13,15,17,23,27H,2-3,6-8H2,1H3,(H,24,25)/t12-,13+,15?,17?/m1/s1. The minimum absolute atomic E-state index is 0.0841. The predicted octanol–water partition coefficient (Wildman–Crippen LogP) is 2.64. The summed E-state index contributed by atoms with van der Waals surface area (Å²) in [6.45, 7) is 0.180. The van der Waals surface area contributed by atoms with Crippen LogP contribution in [-0.2, 0) is 37.9 Å². The second kappa shape index (κ2) is 8.38. The van der Waals surface area contributed by atoms with E-state index in [1.165, 1.54) is 5.38 Å². The lowest BCUT2D eigenvalue weighted by Crippen LogP contribution is -2.53. The van der Waals surface area contributed by atoms with Crippen LogP contribution in [0.25, 0.3) is 0 Å². The molecule has 2 fully saturated rings. The number of hydrogen-bond donors (Lipinski definition) is 3. The van der Waals surface area contributed by atoms with Gasteiger partial charge in [-0.2, -0.15) is 19.8 Å². The molecule has 192 valence electrons. The van der Waals surface area contributed by atoms with Gasteiger partial charge >= 0.3 is 0 Å². The third kappa shape index (κ3) is 3.90. The van der Waals surface area contributed by atoms with Gasteiger partial charge in [0.25, 0.3) is 15.9 Å². The van der Waals surface area contributed by atoms with Gasteiger partial charge in [-0.25, -0.2) is 13.1 Å². The first-order valence-corrected chi connectivity index (χ1v) is 16.6. The summed E-state index contributed by atoms with van der Waals surface area (Å²) in [5.74, 6) is -0.412. The molecule has 3 N–H and O–H groups in total. The van der Waals surface area contributed by atoms with Crippen molar-refractivity contribution >= 4 is 59.5 Å². The first-order chi connectivity index (χ1) is 17.0. The van der Waals surface area contributed by atoms with Crippen LogP contribution in [-0.4, -0.2) is 50.9 Å². The fraction of sp³-hybridized carbons (Fsp3) is 0.455. The number of nitrogens with zero attached hydrogens (tertiary/aromatic N) is 2. The molecule has 1 amide bonds. The summed E-state index contributed by atoms with van der Waals surface area (Å²) in [5, 5.41) is 20.0. The first kappa shape index (κ1) is 24.1. The fourth-order valence-corrected chi connectivity index (χ4v) is 9.80. The minimum atomic E-state index is -4.26. The quantitative estimate of drug-likeness (QED) is 0.486. The van der Waals surface area contributed by atoms with E-state index in [-0.39, 0.29) is 57.1 Å². The van der Waals surface area contributed by atoms with Crippen LogP contribution >= 0.6 is 22.7 Å². The Kier molecular flexibility index (Phi) is 5.61. The van der Waals surface area contributed by atoms with E-state index < -0.39 is 26.0 Å². The second-order valence-electron chi connectivity index (χ2n) is 9.73. The smallest absolute Gasteiger partial charge is 0.287 e. The monoisotopic (exact) mass is 568 g/mol. The van der Waals surface area contributed by atoms with Crippen molar-refractivity contribution in [1.29, 1.82) is 0 Å². The third-order valence-electron chi connectivity index (χ3n) is 7.49. The fourth-order valence-electron chi connectivity index (χ4n) is 6.12. The summed E-state index contributed by atoms with van der Waals surface area (Å²) in [4.78, 5) is 15.5. The highest BCUT2D eigenvalue weighted by molar-refractivity contribution is 7.91. The van der Waals surface area contributed by atoms with E-state index in [4.69, 9.17) is 0 Å². The van der Waals surface area contributed by atoms with Crippen molar-refractivity contribution < 1.29 is 26.7 Å². The number of aliphatic hydroxyl groups is 1. The van der Waals surface area contributed by atoms with Crippen molar-refractivity contribution in [3.63, 3.8) is 0 Å². The molecule has 4 heterocycles. The number of hydrogen-bond acceptors (Lipinski definition) is 9. The maximum atomic E-state index is 13.8. The molecule has 2 aromatic rings. The number of sulfonamides is 2. The molecular weight excluding hydrogens is 545 g/mol. The molecule has 2 saturated carbocycles. The van der Waals surface area contributed by atoms with Crippen LogP contribution in [0.15, 0.2) is 42.8 Å². The Morgan fingerprint density at radius 2 is 2.06 bits per heavy atom. The molecule has 14 heteroatoms. The van der Waals surface area contributed by atoms with E-state index in [0.29, 0.717) is 12.5 Å². The number of rotatable bonds is 6. The van der Waals surface area contributed by atoms with Gasteiger partial charge in [0.15, 0.2) is 5.84 Å². The summed E-state index contributed by atoms with van der Waals surface area (Å²) in [6, 6.07) is 1.84. The Bertz CT molecular complexity index is 1520. The summed E-state index contributed by atoms with van der Waals surface area (Å²) >= 11 is 2.62. The number of nitrogens with one attached hydrogen (secondary N) is 2. The van der Waals surface area contributed by atoms with Gasteiger partial charge in [0.05, 0.1) is 6.26 Å². The molecule has 10 nitrogen and oxygen atoms in total. The van der Waals surface area contributed by atoms with Crippen molar-refractivity contribution in [3.05, 3.63) is 44.7 Å². The molecule has 4 aliphatic rings. The van der Waals surface area contributed by atoms with E-state index in [9.17, 15) is 26.7 Å². The number of carbonyl (C=O) groups excluding carboxylic acids is 1. The lowest BCUT2D eigenvalue weighted by molar-refractivity contribution is -0.134. The molecule has 2 unspecified atom stereocenters. The maximum absolute atomic E-state index is 13.8. The molecule has 0 radical (unpaired) electrons. The van der Waals surface area contributed by atoms with Gasteiger partial charge in [0.1, 0.15) is 21.2 Å². The van der Waals surface area contributed by atoms with Gasteiger partial charge in [0.2, 0.25) is 10.0 Å². The van der Waals surface area contributed by atoms with E-state index in [2.05, 4.69) is 14.4 Å². The third-order valence-corrected chi connectivity index (χ3v) is 11.4. The minimum Gasteiger partial charge on any atom is -0.511 e.